The molecule has 3 aromatic rings. The van der Waals surface area contributed by atoms with E-state index >= 15 is 0 Å². The van der Waals surface area contributed by atoms with Crippen molar-refractivity contribution in [3.05, 3.63) is 41.4 Å². The van der Waals surface area contributed by atoms with Gasteiger partial charge < -0.3 is 5.32 Å². The van der Waals surface area contributed by atoms with Crippen molar-refractivity contribution in [2.75, 3.05) is 13.1 Å². The van der Waals surface area contributed by atoms with Gasteiger partial charge in [0.25, 0.3) is 5.91 Å². The Morgan fingerprint density at radius 1 is 1.27 bits per heavy atom. The zero-order valence-electron chi connectivity index (χ0n) is 14.6. The van der Waals surface area contributed by atoms with E-state index in [2.05, 4.69) is 44.0 Å². The molecule has 6 heteroatoms. The SMILES string of the molecule is O=C(N[C@H]1CCCC2CCN2C1)c1n[nH]c2cc(-c3cccs3)ccc12. The van der Waals surface area contributed by atoms with Crippen molar-refractivity contribution in [1.82, 2.24) is 20.4 Å². The normalized spacial score (nSPS) is 23.2. The Labute approximate surface area is 156 Å². The quantitative estimate of drug-likeness (QED) is 0.744. The van der Waals surface area contributed by atoms with Crippen LogP contribution < -0.4 is 5.32 Å². The van der Waals surface area contributed by atoms with Crippen molar-refractivity contribution >= 4 is 28.1 Å². The highest BCUT2D eigenvalue weighted by atomic mass is 32.1. The highest BCUT2D eigenvalue weighted by Gasteiger charge is 2.33. The Hall–Kier alpha value is -2.18. The number of rotatable bonds is 3. The smallest absolute Gasteiger partial charge is 0.272 e. The molecule has 1 aromatic carbocycles. The lowest BCUT2D eigenvalue weighted by Crippen LogP contribution is -2.52. The zero-order valence-corrected chi connectivity index (χ0v) is 15.4. The van der Waals surface area contributed by atoms with Crippen molar-refractivity contribution in [2.24, 2.45) is 0 Å². The van der Waals surface area contributed by atoms with Crippen LogP contribution in [0.5, 0.6) is 0 Å². The highest BCUT2D eigenvalue weighted by Crippen LogP contribution is 2.29. The Bertz CT molecular complexity index is 933. The number of amides is 1. The predicted octanol–water partition coefficient (Wildman–Crippen LogP) is 3.65. The minimum absolute atomic E-state index is 0.0657. The van der Waals surface area contributed by atoms with Gasteiger partial charge >= 0.3 is 0 Å². The number of fused-ring (bicyclic) bond motifs is 2. The molecule has 26 heavy (non-hydrogen) atoms. The maximum atomic E-state index is 12.8. The van der Waals surface area contributed by atoms with E-state index in [0.717, 1.165) is 35.5 Å². The average molecular weight is 366 g/mol. The van der Waals surface area contributed by atoms with Gasteiger partial charge in [-0.25, -0.2) is 0 Å². The van der Waals surface area contributed by atoms with Crippen LogP contribution in [0.4, 0.5) is 0 Å². The third kappa shape index (κ3) is 2.83. The van der Waals surface area contributed by atoms with E-state index in [1.165, 1.54) is 30.7 Å². The average Bonchev–Trinajstić information content (AvgIpc) is 3.28. The summed E-state index contributed by atoms with van der Waals surface area (Å²) in [5.41, 5.74) is 2.56. The lowest BCUT2D eigenvalue weighted by atomic mass is 10.00. The summed E-state index contributed by atoms with van der Waals surface area (Å²) >= 11 is 1.71. The fraction of sp³-hybridized carbons (Fsp3) is 0.400. The molecule has 2 aliphatic heterocycles. The predicted molar refractivity (Wildman–Crippen MR) is 104 cm³/mol. The summed E-state index contributed by atoms with van der Waals surface area (Å²) < 4.78 is 0. The van der Waals surface area contributed by atoms with Gasteiger partial charge in [0.1, 0.15) is 0 Å². The Morgan fingerprint density at radius 2 is 2.23 bits per heavy atom. The van der Waals surface area contributed by atoms with Crippen molar-refractivity contribution in [3.63, 3.8) is 0 Å². The van der Waals surface area contributed by atoms with Gasteiger partial charge in [0.05, 0.1) is 5.52 Å². The fourth-order valence-corrected chi connectivity index (χ4v) is 4.92. The molecule has 1 unspecified atom stereocenters. The second-order valence-electron chi connectivity index (χ2n) is 7.35. The summed E-state index contributed by atoms with van der Waals surface area (Å²) in [5.74, 6) is -0.0657. The fourth-order valence-electron chi connectivity index (χ4n) is 4.20. The number of benzene rings is 1. The molecule has 2 N–H and O–H groups in total. The van der Waals surface area contributed by atoms with Crippen LogP contribution in [0.15, 0.2) is 35.7 Å². The van der Waals surface area contributed by atoms with Gasteiger partial charge in [0, 0.05) is 28.9 Å². The van der Waals surface area contributed by atoms with Gasteiger partial charge in [-0.2, -0.15) is 5.10 Å². The van der Waals surface area contributed by atoms with Gasteiger partial charge in [-0.15, -0.1) is 11.3 Å². The van der Waals surface area contributed by atoms with Crippen molar-refractivity contribution in [3.8, 4) is 10.4 Å². The van der Waals surface area contributed by atoms with Gasteiger partial charge in [-0.3, -0.25) is 14.8 Å². The molecule has 2 saturated heterocycles. The van der Waals surface area contributed by atoms with E-state index in [9.17, 15) is 4.79 Å². The highest BCUT2D eigenvalue weighted by molar-refractivity contribution is 7.13. The van der Waals surface area contributed by atoms with Gasteiger partial charge in [-0.1, -0.05) is 12.1 Å². The van der Waals surface area contributed by atoms with Crippen molar-refractivity contribution < 1.29 is 4.79 Å². The van der Waals surface area contributed by atoms with Crippen LogP contribution in [-0.4, -0.2) is 46.2 Å². The number of nitrogens with zero attached hydrogens (tertiary/aromatic N) is 2. The van der Waals surface area contributed by atoms with Crippen LogP contribution in [0.3, 0.4) is 0 Å². The Kier molecular flexibility index (Phi) is 4.02. The lowest BCUT2D eigenvalue weighted by molar-refractivity contribution is 0.0787. The number of aromatic nitrogens is 2. The van der Waals surface area contributed by atoms with Crippen molar-refractivity contribution in [2.45, 2.75) is 37.8 Å². The molecule has 2 aromatic heterocycles. The number of carbonyl (C=O) groups excluding carboxylic acids is 1. The van der Waals surface area contributed by atoms with Crippen LogP contribution >= 0.6 is 11.3 Å². The summed E-state index contributed by atoms with van der Waals surface area (Å²) in [6.45, 7) is 2.15. The molecule has 2 fully saturated rings. The van der Waals surface area contributed by atoms with Crippen LogP contribution in [-0.2, 0) is 0 Å². The van der Waals surface area contributed by atoms with E-state index in [0.29, 0.717) is 5.69 Å². The van der Waals surface area contributed by atoms with Crippen LogP contribution in [0.25, 0.3) is 21.3 Å². The first-order valence-electron chi connectivity index (χ1n) is 9.35. The third-order valence-electron chi connectivity index (χ3n) is 5.73. The summed E-state index contributed by atoms with van der Waals surface area (Å²) in [4.78, 5) is 16.5. The number of aromatic amines is 1. The number of hydrogen-bond acceptors (Lipinski definition) is 4. The van der Waals surface area contributed by atoms with Crippen molar-refractivity contribution in [1.29, 1.82) is 0 Å². The zero-order chi connectivity index (χ0) is 17.5. The molecule has 2 aliphatic rings. The molecule has 0 radical (unpaired) electrons. The second-order valence-corrected chi connectivity index (χ2v) is 8.30. The Balaban J connectivity index is 1.35. The summed E-state index contributed by atoms with van der Waals surface area (Å²) in [5, 5.41) is 13.5. The topological polar surface area (TPSA) is 61.0 Å². The molecule has 1 amide bonds. The first-order chi connectivity index (χ1) is 12.8. The van der Waals surface area contributed by atoms with E-state index in [-0.39, 0.29) is 11.9 Å². The molecule has 2 atom stereocenters. The van der Waals surface area contributed by atoms with E-state index in [1.54, 1.807) is 11.3 Å². The molecule has 5 rings (SSSR count). The standard InChI is InChI=1S/C20H22N4OS/c25-20(21-14-3-1-4-15-8-9-24(15)12-14)19-16-7-6-13(11-17(16)22-23-19)18-5-2-10-26-18/h2,5-7,10-11,14-15H,1,3-4,8-9,12H2,(H,21,25)(H,22,23)/t14-,15?/m0/s1. The molecule has 0 bridgehead atoms. The van der Waals surface area contributed by atoms with Gasteiger partial charge in [-0.05, 0) is 61.4 Å². The molecule has 5 nitrogen and oxygen atoms in total. The van der Waals surface area contributed by atoms with Crippen LogP contribution in [0, 0.1) is 0 Å². The minimum atomic E-state index is -0.0657. The molecule has 0 spiro atoms. The number of carbonyl (C=O) groups is 1. The van der Waals surface area contributed by atoms with E-state index in [1.807, 2.05) is 12.1 Å². The molecular formula is C20H22N4OS. The molecule has 4 heterocycles. The number of H-pyrrole nitrogens is 1. The maximum Gasteiger partial charge on any atom is 0.272 e. The van der Waals surface area contributed by atoms with Crippen LogP contribution in [0.1, 0.15) is 36.2 Å². The molecular weight excluding hydrogens is 344 g/mol. The number of hydrogen-bond donors (Lipinski definition) is 2. The Morgan fingerprint density at radius 3 is 3.04 bits per heavy atom. The van der Waals surface area contributed by atoms with Gasteiger partial charge in [0.2, 0.25) is 0 Å². The lowest BCUT2D eigenvalue weighted by Gasteiger charge is -2.40. The largest absolute Gasteiger partial charge is 0.347 e. The number of nitrogens with one attached hydrogen (secondary N) is 2. The van der Waals surface area contributed by atoms with E-state index < -0.39 is 0 Å². The third-order valence-corrected chi connectivity index (χ3v) is 6.65. The monoisotopic (exact) mass is 366 g/mol. The first kappa shape index (κ1) is 16.0. The second kappa shape index (κ2) is 6.52. The first-order valence-corrected chi connectivity index (χ1v) is 10.2. The molecule has 0 saturated carbocycles. The maximum absolute atomic E-state index is 12.8. The molecule has 134 valence electrons. The van der Waals surface area contributed by atoms with E-state index in [4.69, 9.17) is 0 Å². The van der Waals surface area contributed by atoms with Gasteiger partial charge in [0.15, 0.2) is 5.69 Å². The molecule has 0 aliphatic carbocycles. The minimum Gasteiger partial charge on any atom is -0.347 e. The van der Waals surface area contributed by atoms with Crippen LogP contribution in [0.2, 0.25) is 0 Å². The number of thiophene rings is 1. The summed E-state index contributed by atoms with van der Waals surface area (Å²) in [7, 11) is 0. The summed E-state index contributed by atoms with van der Waals surface area (Å²) in [6, 6.07) is 11.3. The summed E-state index contributed by atoms with van der Waals surface area (Å²) in [6.07, 6.45) is 4.83.